The fourth-order valence-corrected chi connectivity index (χ4v) is 5.17. The van der Waals surface area contributed by atoms with Crippen LogP contribution in [0.2, 0.25) is 0 Å². The maximum absolute atomic E-state index is 13.0. The van der Waals surface area contributed by atoms with Crippen LogP contribution < -0.4 is 19.1 Å². The van der Waals surface area contributed by atoms with Gasteiger partial charge in [0.25, 0.3) is 10.0 Å². The first-order chi connectivity index (χ1) is 14.3. The Morgan fingerprint density at radius 2 is 1.87 bits per heavy atom. The number of benzene rings is 2. The monoisotopic (exact) mass is 430 g/mol. The third-order valence-electron chi connectivity index (χ3n) is 5.92. The molecule has 4 rings (SSSR count). The fraction of sp³-hybridized carbons (Fsp3) is 0.409. The number of ether oxygens (including phenoxy) is 2. The maximum Gasteiger partial charge on any atom is 0.262 e. The Kier molecular flexibility index (Phi) is 5.36. The largest absolute Gasteiger partial charge is 0.497 e. The zero-order valence-corrected chi connectivity index (χ0v) is 18.2. The average Bonchev–Trinajstić information content (AvgIpc) is 3.01. The molecular formula is C22H26N2O5S. The van der Waals surface area contributed by atoms with Gasteiger partial charge in [-0.05, 0) is 62.1 Å². The summed E-state index contributed by atoms with van der Waals surface area (Å²) in [4.78, 5) is 14.8. The minimum absolute atomic E-state index is 0.0284. The molecule has 0 aromatic heterocycles. The molecule has 1 heterocycles. The topological polar surface area (TPSA) is 84.9 Å². The van der Waals surface area contributed by atoms with E-state index in [1.807, 2.05) is 11.8 Å². The van der Waals surface area contributed by atoms with Crippen LogP contribution >= 0.6 is 0 Å². The Balaban J connectivity index is 1.61. The summed E-state index contributed by atoms with van der Waals surface area (Å²) in [6, 6.07) is 9.87. The molecule has 8 heteroatoms. The van der Waals surface area contributed by atoms with Gasteiger partial charge in [-0.3, -0.25) is 9.52 Å². The van der Waals surface area contributed by atoms with Gasteiger partial charge in [-0.2, -0.15) is 0 Å². The number of rotatable bonds is 6. The van der Waals surface area contributed by atoms with Gasteiger partial charge in [0.05, 0.1) is 24.8 Å². The van der Waals surface area contributed by atoms with Crippen LogP contribution in [0.15, 0.2) is 41.3 Å². The summed E-state index contributed by atoms with van der Waals surface area (Å²) in [5.41, 5.74) is 2.02. The third kappa shape index (κ3) is 3.60. The molecular weight excluding hydrogens is 404 g/mol. The van der Waals surface area contributed by atoms with E-state index >= 15 is 0 Å². The molecule has 7 nitrogen and oxygen atoms in total. The first kappa shape index (κ1) is 20.5. The van der Waals surface area contributed by atoms with E-state index in [4.69, 9.17) is 9.47 Å². The van der Waals surface area contributed by atoms with Gasteiger partial charge >= 0.3 is 0 Å². The van der Waals surface area contributed by atoms with Gasteiger partial charge in [0, 0.05) is 23.7 Å². The third-order valence-corrected chi connectivity index (χ3v) is 7.28. The minimum Gasteiger partial charge on any atom is -0.497 e. The van der Waals surface area contributed by atoms with Crippen molar-refractivity contribution >= 4 is 27.3 Å². The number of amides is 1. The standard InChI is InChI=1S/C22H26N2O5S/c1-14-11-16-12-18(8-10-20(16)24(14)22(25)15-5-4-6-15)30(26,27)23-19-9-7-17(28-2)13-21(19)29-3/h7-10,12-15,23H,4-6,11H2,1-3H3. The second-order valence-electron chi connectivity index (χ2n) is 7.85. The van der Waals surface area contributed by atoms with Gasteiger partial charge in [-0.15, -0.1) is 0 Å². The van der Waals surface area contributed by atoms with Crippen molar-refractivity contribution in [2.45, 2.75) is 43.5 Å². The SMILES string of the molecule is COc1ccc(NS(=O)(=O)c2ccc3c(c2)CC(C)N3C(=O)C2CCC2)c(OC)c1. The Hall–Kier alpha value is -2.74. The van der Waals surface area contributed by atoms with Gasteiger partial charge in [0.15, 0.2) is 0 Å². The molecule has 1 N–H and O–H groups in total. The number of methoxy groups -OCH3 is 2. The number of sulfonamides is 1. The van der Waals surface area contributed by atoms with Crippen LogP contribution in [0.1, 0.15) is 31.7 Å². The number of hydrogen-bond donors (Lipinski definition) is 1. The van der Waals surface area contributed by atoms with Gasteiger partial charge in [0.1, 0.15) is 11.5 Å². The van der Waals surface area contributed by atoms with Crippen molar-refractivity contribution in [2.24, 2.45) is 5.92 Å². The quantitative estimate of drug-likeness (QED) is 0.757. The van der Waals surface area contributed by atoms with E-state index in [1.165, 1.54) is 14.2 Å². The second-order valence-corrected chi connectivity index (χ2v) is 9.53. The van der Waals surface area contributed by atoms with E-state index in [1.54, 1.807) is 36.4 Å². The molecule has 1 fully saturated rings. The lowest BCUT2D eigenvalue weighted by Crippen LogP contribution is -2.42. The van der Waals surface area contributed by atoms with E-state index in [9.17, 15) is 13.2 Å². The van der Waals surface area contributed by atoms with Crippen LogP contribution in [0, 0.1) is 5.92 Å². The predicted octanol–water partition coefficient (Wildman–Crippen LogP) is 3.58. The number of carbonyl (C=O) groups is 1. The molecule has 1 aliphatic heterocycles. The summed E-state index contributed by atoms with van der Waals surface area (Å²) in [5, 5.41) is 0. The van der Waals surface area contributed by atoms with E-state index < -0.39 is 10.0 Å². The molecule has 0 saturated heterocycles. The number of hydrogen-bond acceptors (Lipinski definition) is 5. The van der Waals surface area contributed by atoms with E-state index in [0.29, 0.717) is 23.6 Å². The van der Waals surface area contributed by atoms with Crippen LogP contribution in [0.3, 0.4) is 0 Å². The number of carbonyl (C=O) groups excluding carboxylic acids is 1. The highest BCUT2D eigenvalue weighted by Crippen LogP contribution is 2.39. The van der Waals surface area contributed by atoms with Crippen molar-refractivity contribution < 1.29 is 22.7 Å². The maximum atomic E-state index is 13.0. The molecule has 1 unspecified atom stereocenters. The Morgan fingerprint density at radius 3 is 2.50 bits per heavy atom. The zero-order valence-electron chi connectivity index (χ0n) is 17.3. The summed E-state index contributed by atoms with van der Waals surface area (Å²) in [7, 11) is -0.826. The van der Waals surface area contributed by atoms with Crippen LogP contribution in [-0.2, 0) is 21.2 Å². The van der Waals surface area contributed by atoms with Gasteiger partial charge in [-0.25, -0.2) is 8.42 Å². The second kappa shape index (κ2) is 7.83. The Morgan fingerprint density at radius 1 is 1.10 bits per heavy atom. The predicted molar refractivity (Wildman–Crippen MR) is 115 cm³/mol. The molecule has 0 bridgehead atoms. The molecule has 0 spiro atoms. The fourth-order valence-electron chi connectivity index (χ4n) is 4.05. The smallest absolute Gasteiger partial charge is 0.262 e. The van der Waals surface area contributed by atoms with Crippen molar-refractivity contribution in [3.63, 3.8) is 0 Å². The Bertz CT molecular complexity index is 1080. The van der Waals surface area contributed by atoms with Crippen LogP contribution in [0.25, 0.3) is 0 Å². The minimum atomic E-state index is -3.83. The molecule has 1 atom stereocenters. The normalized spacial score (nSPS) is 18.5. The highest BCUT2D eigenvalue weighted by Gasteiger charge is 2.37. The van der Waals surface area contributed by atoms with Crippen molar-refractivity contribution in [1.82, 2.24) is 0 Å². The van der Waals surface area contributed by atoms with Gasteiger partial charge in [0.2, 0.25) is 5.91 Å². The van der Waals surface area contributed by atoms with Crippen molar-refractivity contribution in [1.29, 1.82) is 0 Å². The molecule has 160 valence electrons. The molecule has 2 aromatic rings. The summed E-state index contributed by atoms with van der Waals surface area (Å²) in [5.74, 6) is 1.19. The molecule has 2 aliphatic rings. The van der Waals surface area contributed by atoms with E-state index in [2.05, 4.69) is 4.72 Å². The van der Waals surface area contributed by atoms with Crippen LogP contribution in [-0.4, -0.2) is 34.6 Å². The van der Waals surface area contributed by atoms with Crippen molar-refractivity contribution in [3.8, 4) is 11.5 Å². The molecule has 1 saturated carbocycles. The first-order valence-corrected chi connectivity index (χ1v) is 11.5. The Labute approximate surface area is 177 Å². The zero-order chi connectivity index (χ0) is 21.5. The van der Waals surface area contributed by atoms with Crippen LogP contribution in [0.4, 0.5) is 11.4 Å². The summed E-state index contributed by atoms with van der Waals surface area (Å²) in [6.45, 7) is 2.01. The highest BCUT2D eigenvalue weighted by atomic mass is 32.2. The van der Waals surface area contributed by atoms with E-state index in [0.717, 1.165) is 30.5 Å². The summed E-state index contributed by atoms with van der Waals surface area (Å²) in [6.07, 6.45) is 3.63. The number of nitrogens with one attached hydrogen (secondary N) is 1. The number of nitrogens with zero attached hydrogens (tertiary/aromatic N) is 1. The first-order valence-electron chi connectivity index (χ1n) is 10.0. The lowest BCUT2D eigenvalue weighted by Gasteiger charge is -2.32. The molecule has 1 amide bonds. The number of fused-ring (bicyclic) bond motifs is 1. The van der Waals surface area contributed by atoms with Crippen molar-refractivity contribution in [2.75, 3.05) is 23.8 Å². The number of anilines is 2. The molecule has 0 radical (unpaired) electrons. The lowest BCUT2D eigenvalue weighted by molar-refractivity contribution is -0.125. The molecule has 1 aliphatic carbocycles. The molecule has 2 aromatic carbocycles. The van der Waals surface area contributed by atoms with E-state index in [-0.39, 0.29) is 22.8 Å². The van der Waals surface area contributed by atoms with Crippen molar-refractivity contribution in [3.05, 3.63) is 42.0 Å². The molecule has 30 heavy (non-hydrogen) atoms. The van der Waals surface area contributed by atoms with Gasteiger partial charge < -0.3 is 14.4 Å². The lowest BCUT2D eigenvalue weighted by atomic mass is 9.84. The van der Waals surface area contributed by atoms with Gasteiger partial charge in [-0.1, -0.05) is 6.42 Å². The summed E-state index contributed by atoms with van der Waals surface area (Å²) >= 11 is 0. The highest BCUT2D eigenvalue weighted by molar-refractivity contribution is 7.92. The van der Waals surface area contributed by atoms with Crippen LogP contribution in [0.5, 0.6) is 11.5 Å². The average molecular weight is 431 g/mol. The summed E-state index contributed by atoms with van der Waals surface area (Å²) < 4.78 is 39.0.